The highest BCUT2D eigenvalue weighted by molar-refractivity contribution is 6.05. The van der Waals surface area contributed by atoms with Crippen LogP contribution >= 0.6 is 0 Å². The van der Waals surface area contributed by atoms with E-state index in [-0.39, 0.29) is 11.3 Å². The molecular weight excluding hydrogens is 259 g/mol. The van der Waals surface area contributed by atoms with Gasteiger partial charge in [0.1, 0.15) is 5.82 Å². The number of nitrogens with one attached hydrogen (secondary N) is 1. The molecule has 0 atom stereocenters. The molecule has 106 valence electrons. The van der Waals surface area contributed by atoms with Gasteiger partial charge in [0.05, 0.1) is 17.1 Å². The fourth-order valence-electron chi connectivity index (χ4n) is 1.97. The van der Waals surface area contributed by atoms with Crippen molar-refractivity contribution in [3.63, 3.8) is 0 Å². The van der Waals surface area contributed by atoms with E-state index in [2.05, 4.69) is 10.4 Å². The van der Waals surface area contributed by atoms with Gasteiger partial charge >= 0.3 is 0 Å². The normalized spacial score (nSPS) is 10.7. The van der Waals surface area contributed by atoms with Crippen LogP contribution < -0.4 is 11.1 Å². The molecule has 2 aromatic rings. The quantitative estimate of drug-likeness (QED) is 0.827. The summed E-state index contributed by atoms with van der Waals surface area (Å²) in [6, 6.07) is 2.65. The first kappa shape index (κ1) is 14.0. The minimum absolute atomic E-state index is 0.188. The van der Waals surface area contributed by atoms with E-state index < -0.39 is 11.7 Å². The summed E-state index contributed by atoms with van der Waals surface area (Å²) in [5.41, 5.74) is 8.64. The van der Waals surface area contributed by atoms with Crippen LogP contribution in [0, 0.1) is 26.6 Å². The lowest BCUT2D eigenvalue weighted by atomic mass is 10.1. The third kappa shape index (κ3) is 2.36. The number of amides is 1. The van der Waals surface area contributed by atoms with E-state index in [0.717, 1.165) is 5.69 Å². The first-order valence-corrected chi connectivity index (χ1v) is 6.18. The number of hydrogen-bond acceptors (Lipinski definition) is 3. The molecule has 0 radical (unpaired) electrons. The number of hydrogen-bond donors (Lipinski definition) is 2. The number of carbonyl (C=O) groups is 1. The lowest BCUT2D eigenvalue weighted by Crippen LogP contribution is -2.14. The number of benzene rings is 1. The van der Waals surface area contributed by atoms with Crippen LogP contribution in [0.25, 0.3) is 0 Å². The van der Waals surface area contributed by atoms with Gasteiger partial charge in [0.15, 0.2) is 0 Å². The van der Waals surface area contributed by atoms with Gasteiger partial charge in [-0.25, -0.2) is 4.39 Å². The zero-order chi connectivity index (χ0) is 15.0. The first-order valence-electron chi connectivity index (χ1n) is 6.18. The van der Waals surface area contributed by atoms with Gasteiger partial charge < -0.3 is 11.1 Å². The molecule has 1 heterocycles. The average Bonchev–Trinajstić information content (AvgIpc) is 2.62. The number of carbonyl (C=O) groups excluding carboxylic acids is 1. The number of halogens is 1. The maximum Gasteiger partial charge on any atom is 0.255 e. The molecule has 20 heavy (non-hydrogen) atoms. The van der Waals surface area contributed by atoms with Crippen molar-refractivity contribution in [3.05, 3.63) is 40.5 Å². The number of aryl methyl sites for hydroxylation is 2. The molecule has 6 heteroatoms. The first-order chi connectivity index (χ1) is 9.31. The average molecular weight is 276 g/mol. The van der Waals surface area contributed by atoms with E-state index in [1.807, 2.05) is 6.92 Å². The summed E-state index contributed by atoms with van der Waals surface area (Å²) in [7, 11) is 1.79. The Morgan fingerprint density at radius 2 is 2.00 bits per heavy atom. The molecule has 0 aliphatic heterocycles. The summed E-state index contributed by atoms with van der Waals surface area (Å²) >= 11 is 0. The number of anilines is 2. The van der Waals surface area contributed by atoms with Crippen LogP contribution in [0.3, 0.4) is 0 Å². The summed E-state index contributed by atoms with van der Waals surface area (Å²) in [5, 5.41) is 6.95. The topological polar surface area (TPSA) is 72.9 Å². The largest absolute Gasteiger partial charge is 0.398 e. The lowest BCUT2D eigenvalue weighted by molar-refractivity contribution is 0.102. The van der Waals surface area contributed by atoms with Crippen molar-refractivity contribution < 1.29 is 9.18 Å². The Labute approximate surface area is 116 Å². The van der Waals surface area contributed by atoms with Crippen molar-refractivity contribution >= 4 is 17.3 Å². The van der Waals surface area contributed by atoms with Gasteiger partial charge in [-0.2, -0.15) is 5.10 Å². The summed E-state index contributed by atoms with van der Waals surface area (Å²) in [5.74, 6) is -0.899. The fraction of sp³-hybridized carbons (Fsp3) is 0.286. The SMILES string of the molecule is Cc1nn(C)c(C)c1NC(=O)c1cc(N)c(C)c(F)c1. The highest BCUT2D eigenvalue weighted by Gasteiger charge is 2.15. The minimum atomic E-state index is -0.491. The van der Waals surface area contributed by atoms with Crippen molar-refractivity contribution in [2.24, 2.45) is 7.05 Å². The molecule has 0 saturated carbocycles. The van der Waals surface area contributed by atoms with Crippen molar-refractivity contribution in [2.75, 3.05) is 11.1 Å². The van der Waals surface area contributed by atoms with Crippen LogP contribution in [-0.2, 0) is 7.05 Å². The van der Waals surface area contributed by atoms with Gasteiger partial charge in [0, 0.05) is 23.9 Å². The molecule has 0 spiro atoms. The molecule has 1 aromatic heterocycles. The Balaban J connectivity index is 2.33. The molecule has 0 bridgehead atoms. The van der Waals surface area contributed by atoms with Gasteiger partial charge in [0.25, 0.3) is 5.91 Å². The Kier molecular flexibility index (Phi) is 3.48. The summed E-state index contributed by atoms with van der Waals surface area (Å²) in [6.45, 7) is 5.22. The van der Waals surface area contributed by atoms with E-state index in [0.29, 0.717) is 16.9 Å². The standard InChI is InChI=1S/C14H17FN4O/c1-7-11(15)5-10(6-12(7)16)14(20)17-13-8(2)18-19(4)9(13)3/h5-6H,16H2,1-4H3,(H,17,20). The fourth-order valence-corrected chi connectivity index (χ4v) is 1.97. The number of rotatable bonds is 2. The van der Waals surface area contributed by atoms with Crippen LogP contribution in [0.2, 0.25) is 0 Å². The zero-order valence-corrected chi connectivity index (χ0v) is 11.9. The molecule has 1 aromatic carbocycles. The van der Waals surface area contributed by atoms with Gasteiger partial charge in [-0.1, -0.05) is 0 Å². The Hall–Kier alpha value is -2.37. The monoisotopic (exact) mass is 276 g/mol. The highest BCUT2D eigenvalue weighted by atomic mass is 19.1. The van der Waals surface area contributed by atoms with Crippen LogP contribution in [0.5, 0.6) is 0 Å². The Morgan fingerprint density at radius 1 is 1.35 bits per heavy atom. The minimum Gasteiger partial charge on any atom is -0.398 e. The predicted molar refractivity (Wildman–Crippen MR) is 76.2 cm³/mol. The molecule has 0 aliphatic rings. The molecule has 0 aliphatic carbocycles. The van der Waals surface area contributed by atoms with E-state index >= 15 is 0 Å². The predicted octanol–water partition coefficient (Wildman–Crippen LogP) is 2.32. The van der Waals surface area contributed by atoms with Gasteiger partial charge in [-0.15, -0.1) is 0 Å². The molecule has 2 rings (SSSR count). The molecule has 0 saturated heterocycles. The maximum absolute atomic E-state index is 13.6. The van der Waals surface area contributed by atoms with Crippen LogP contribution in [-0.4, -0.2) is 15.7 Å². The highest BCUT2D eigenvalue weighted by Crippen LogP contribution is 2.21. The number of nitrogens with zero attached hydrogens (tertiary/aromatic N) is 2. The van der Waals surface area contributed by atoms with Crippen molar-refractivity contribution in [3.8, 4) is 0 Å². The second kappa shape index (κ2) is 4.96. The maximum atomic E-state index is 13.6. The van der Waals surface area contributed by atoms with E-state index in [1.54, 1.807) is 25.6 Å². The van der Waals surface area contributed by atoms with Gasteiger partial charge in [-0.3, -0.25) is 9.48 Å². The van der Waals surface area contributed by atoms with Crippen molar-refractivity contribution in [2.45, 2.75) is 20.8 Å². The van der Waals surface area contributed by atoms with Crippen LogP contribution in [0.4, 0.5) is 15.8 Å². The smallest absolute Gasteiger partial charge is 0.255 e. The molecule has 0 fully saturated rings. The summed E-state index contributed by atoms with van der Waals surface area (Å²) in [4.78, 5) is 12.2. The Bertz CT molecular complexity index is 668. The number of nitrogen functional groups attached to an aromatic ring is 1. The van der Waals surface area contributed by atoms with E-state index in [9.17, 15) is 9.18 Å². The number of nitrogens with two attached hydrogens (primary N) is 1. The second-order valence-electron chi connectivity index (χ2n) is 4.80. The van der Waals surface area contributed by atoms with E-state index in [4.69, 9.17) is 5.73 Å². The molecule has 3 N–H and O–H groups in total. The van der Waals surface area contributed by atoms with Gasteiger partial charge in [-0.05, 0) is 32.9 Å². The van der Waals surface area contributed by atoms with Crippen LogP contribution in [0.15, 0.2) is 12.1 Å². The third-order valence-electron chi connectivity index (χ3n) is 3.39. The Morgan fingerprint density at radius 3 is 2.50 bits per heavy atom. The summed E-state index contributed by atoms with van der Waals surface area (Å²) < 4.78 is 15.3. The zero-order valence-electron chi connectivity index (χ0n) is 11.9. The lowest BCUT2D eigenvalue weighted by Gasteiger charge is -2.08. The number of aromatic nitrogens is 2. The second-order valence-corrected chi connectivity index (χ2v) is 4.80. The molecule has 0 unspecified atom stereocenters. The van der Waals surface area contributed by atoms with Crippen molar-refractivity contribution in [1.82, 2.24) is 9.78 Å². The third-order valence-corrected chi connectivity index (χ3v) is 3.39. The molecule has 5 nitrogen and oxygen atoms in total. The molecule has 1 amide bonds. The summed E-state index contributed by atoms with van der Waals surface area (Å²) in [6.07, 6.45) is 0. The molecular formula is C14H17FN4O. The van der Waals surface area contributed by atoms with Crippen LogP contribution in [0.1, 0.15) is 27.3 Å². The van der Waals surface area contributed by atoms with Crippen molar-refractivity contribution in [1.29, 1.82) is 0 Å². The van der Waals surface area contributed by atoms with Gasteiger partial charge in [0.2, 0.25) is 0 Å². The van der Waals surface area contributed by atoms with E-state index in [1.165, 1.54) is 12.1 Å².